The van der Waals surface area contributed by atoms with E-state index >= 15 is 0 Å². The molecule has 2 heteroatoms. The van der Waals surface area contributed by atoms with Gasteiger partial charge in [0.15, 0.2) is 0 Å². The van der Waals surface area contributed by atoms with Gasteiger partial charge in [0, 0.05) is 6.54 Å². The van der Waals surface area contributed by atoms with Crippen molar-refractivity contribution in [3.05, 3.63) is 71.6 Å². The van der Waals surface area contributed by atoms with Crippen LogP contribution in [0.25, 0.3) is 6.08 Å². The summed E-state index contributed by atoms with van der Waals surface area (Å²) in [5.74, 6) is -0.214. The minimum absolute atomic E-state index is 0.214. The van der Waals surface area contributed by atoms with Crippen molar-refractivity contribution in [2.24, 2.45) is 0 Å². The molecule has 0 aliphatic carbocycles. The molecule has 0 atom stereocenters. The zero-order valence-corrected chi connectivity index (χ0v) is 10.4. The van der Waals surface area contributed by atoms with Crippen molar-refractivity contribution in [1.82, 2.24) is 0 Å². The molecule has 1 N–H and O–H groups in total. The Morgan fingerprint density at radius 3 is 2.67 bits per heavy atom. The van der Waals surface area contributed by atoms with E-state index in [1.165, 1.54) is 6.07 Å². The van der Waals surface area contributed by atoms with Crippen LogP contribution in [0.2, 0.25) is 0 Å². The third-order valence-corrected chi connectivity index (χ3v) is 2.64. The fourth-order valence-electron chi connectivity index (χ4n) is 1.70. The van der Waals surface area contributed by atoms with Crippen LogP contribution in [-0.2, 0) is 0 Å². The van der Waals surface area contributed by atoms with Gasteiger partial charge in [0.1, 0.15) is 5.82 Å². The summed E-state index contributed by atoms with van der Waals surface area (Å²) in [5, 5.41) is 3.06. The summed E-state index contributed by atoms with van der Waals surface area (Å²) < 4.78 is 13.4. The number of anilines is 1. The van der Waals surface area contributed by atoms with Gasteiger partial charge >= 0.3 is 0 Å². The lowest BCUT2D eigenvalue weighted by molar-refractivity contribution is 0.630. The number of hydrogen-bond acceptors (Lipinski definition) is 1. The molecule has 2 aromatic carbocycles. The average molecular weight is 241 g/mol. The van der Waals surface area contributed by atoms with Crippen LogP contribution in [0.5, 0.6) is 0 Å². The van der Waals surface area contributed by atoms with E-state index in [-0.39, 0.29) is 5.82 Å². The molecule has 0 spiro atoms. The monoisotopic (exact) mass is 241 g/mol. The zero-order valence-electron chi connectivity index (χ0n) is 10.4. The lowest BCUT2D eigenvalue weighted by Gasteiger charge is -2.05. The SMILES string of the molecule is Cc1ccc(F)c(NCC=Cc2ccccc2)c1. The van der Waals surface area contributed by atoms with Crippen LogP contribution in [0, 0.1) is 12.7 Å². The molecule has 2 aromatic rings. The Morgan fingerprint density at radius 1 is 1.11 bits per heavy atom. The van der Waals surface area contributed by atoms with Crippen LogP contribution >= 0.6 is 0 Å². The fourth-order valence-corrected chi connectivity index (χ4v) is 1.70. The van der Waals surface area contributed by atoms with Gasteiger partial charge in [-0.3, -0.25) is 0 Å². The van der Waals surface area contributed by atoms with Crippen molar-refractivity contribution in [3.63, 3.8) is 0 Å². The number of nitrogens with one attached hydrogen (secondary N) is 1. The van der Waals surface area contributed by atoms with Gasteiger partial charge in [-0.2, -0.15) is 0 Å². The van der Waals surface area contributed by atoms with Crippen molar-refractivity contribution in [2.75, 3.05) is 11.9 Å². The molecular formula is C16H16FN. The highest BCUT2D eigenvalue weighted by Crippen LogP contribution is 2.15. The number of halogens is 1. The summed E-state index contributed by atoms with van der Waals surface area (Å²) in [7, 11) is 0. The maximum Gasteiger partial charge on any atom is 0.146 e. The molecule has 2 rings (SSSR count). The van der Waals surface area contributed by atoms with E-state index < -0.39 is 0 Å². The minimum Gasteiger partial charge on any atom is -0.379 e. The highest BCUT2D eigenvalue weighted by molar-refractivity contribution is 5.51. The van der Waals surface area contributed by atoms with E-state index in [0.29, 0.717) is 12.2 Å². The van der Waals surface area contributed by atoms with E-state index in [1.54, 1.807) is 6.07 Å². The van der Waals surface area contributed by atoms with Crippen LogP contribution in [0.4, 0.5) is 10.1 Å². The first-order valence-electron chi connectivity index (χ1n) is 5.97. The predicted octanol–water partition coefficient (Wildman–Crippen LogP) is 4.26. The maximum absolute atomic E-state index is 13.4. The minimum atomic E-state index is -0.214. The van der Waals surface area contributed by atoms with Gasteiger partial charge < -0.3 is 5.32 Å². The van der Waals surface area contributed by atoms with Crippen LogP contribution in [0.1, 0.15) is 11.1 Å². The molecular weight excluding hydrogens is 225 g/mol. The molecule has 0 heterocycles. The van der Waals surface area contributed by atoms with Gasteiger partial charge in [0.2, 0.25) is 0 Å². The van der Waals surface area contributed by atoms with Gasteiger partial charge in [0.05, 0.1) is 5.69 Å². The molecule has 0 aromatic heterocycles. The predicted molar refractivity (Wildman–Crippen MR) is 75.1 cm³/mol. The number of rotatable bonds is 4. The standard InChI is InChI=1S/C16H16FN/c1-13-9-10-15(17)16(12-13)18-11-5-8-14-6-3-2-4-7-14/h2-10,12,18H,11H2,1H3. The van der Waals surface area contributed by atoms with E-state index in [9.17, 15) is 4.39 Å². The molecule has 1 nitrogen and oxygen atoms in total. The molecule has 18 heavy (non-hydrogen) atoms. The molecule has 0 unspecified atom stereocenters. The van der Waals surface area contributed by atoms with Crippen molar-refractivity contribution in [1.29, 1.82) is 0 Å². The summed E-state index contributed by atoms with van der Waals surface area (Å²) in [5.41, 5.74) is 2.74. The first-order valence-corrected chi connectivity index (χ1v) is 5.97. The highest BCUT2D eigenvalue weighted by Gasteiger charge is 1.99. The summed E-state index contributed by atoms with van der Waals surface area (Å²) in [6.07, 6.45) is 4.00. The molecule has 0 aliphatic rings. The van der Waals surface area contributed by atoms with E-state index in [0.717, 1.165) is 11.1 Å². The highest BCUT2D eigenvalue weighted by atomic mass is 19.1. The molecule has 0 amide bonds. The second kappa shape index (κ2) is 6.01. The Balaban J connectivity index is 1.92. The average Bonchev–Trinajstić information content (AvgIpc) is 2.40. The first kappa shape index (κ1) is 12.4. The number of benzene rings is 2. The molecule has 0 saturated heterocycles. The lowest BCUT2D eigenvalue weighted by atomic mass is 10.2. The molecule has 92 valence electrons. The van der Waals surface area contributed by atoms with Crippen molar-refractivity contribution in [2.45, 2.75) is 6.92 Å². The summed E-state index contributed by atoms with van der Waals surface area (Å²) >= 11 is 0. The smallest absolute Gasteiger partial charge is 0.146 e. The molecule has 0 fully saturated rings. The van der Waals surface area contributed by atoms with Crippen molar-refractivity contribution < 1.29 is 4.39 Å². The van der Waals surface area contributed by atoms with E-state index in [4.69, 9.17) is 0 Å². The maximum atomic E-state index is 13.4. The summed E-state index contributed by atoms with van der Waals surface area (Å²) in [6, 6.07) is 15.1. The van der Waals surface area contributed by atoms with Crippen molar-refractivity contribution >= 4 is 11.8 Å². The number of hydrogen-bond donors (Lipinski definition) is 1. The van der Waals surface area contributed by atoms with Gasteiger partial charge in [0.25, 0.3) is 0 Å². The zero-order chi connectivity index (χ0) is 12.8. The normalized spacial score (nSPS) is 10.8. The van der Waals surface area contributed by atoms with Crippen LogP contribution in [0.15, 0.2) is 54.6 Å². The van der Waals surface area contributed by atoms with E-state index in [1.807, 2.05) is 55.5 Å². The molecule has 0 radical (unpaired) electrons. The van der Waals surface area contributed by atoms with Gasteiger partial charge in [-0.05, 0) is 30.2 Å². The Morgan fingerprint density at radius 2 is 1.89 bits per heavy atom. The van der Waals surface area contributed by atoms with E-state index in [2.05, 4.69) is 5.32 Å². The largest absolute Gasteiger partial charge is 0.379 e. The molecule has 0 saturated carbocycles. The molecule has 0 aliphatic heterocycles. The number of aryl methyl sites for hydroxylation is 1. The third-order valence-electron chi connectivity index (χ3n) is 2.64. The Labute approximate surface area is 107 Å². The Hall–Kier alpha value is -2.09. The Kier molecular flexibility index (Phi) is 4.13. The topological polar surface area (TPSA) is 12.0 Å². The summed E-state index contributed by atoms with van der Waals surface area (Å²) in [6.45, 7) is 2.56. The fraction of sp³-hybridized carbons (Fsp3) is 0.125. The summed E-state index contributed by atoms with van der Waals surface area (Å²) in [4.78, 5) is 0. The lowest BCUT2D eigenvalue weighted by Crippen LogP contribution is -2.00. The molecule has 0 bridgehead atoms. The van der Waals surface area contributed by atoms with Crippen LogP contribution in [-0.4, -0.2) is 6.54 Å². The quantitative estimate of drug-likeness (QED) is 0.843. The van der Waals surface area contributed by atoms with Crippen LogP contribution < -0.4 is 5.32 Å². The second-order valence-electron chi connectivity index (χ2n) is 4.18. The van der Waals surface area contributed by atoms with Gasteiger partial charge in [-0.1, -0.05) is 48.6 Å². The van der Waals surface area contributed by atoms with Crippen molar-refractivity contribution in [3.8, 4) is 0 Å². The second-order valence-corrected chi connectivity index (χ2v) is 4.18. The third kappa shape index (κ3) is 3.45. The Bertz CT molecular complexity index is 532. The van der Waals surface area contributed by atoms with Gasteiger partial charge in [-0.15, -0.1) is 0 Å². The van der Waals surface area contributed by atoms with Gasteiger partial charge in [-0.25, -0.2) is 4.39 Å². The van der Waals surface area contributed by atoms with Crippen LogP contribution in [0.3, 0.4) is 0 Å². The first-order chi connectivity index (χ1) is 8.75.